The van der Waals surface area contributed by atoms with Crippen LogP contribution in [0.1, 0.15) is 15.9 Å². The van der Waals surface area contributed by atoms with Crippen molar-refractivity contribution in [1.82, 2.24) is 20.2 Å². The molecule has 7 heteroatoms. The Kier molecular flexibility index (Phi) is 2.73. The molecule has 1 aromatic heterocycles. The fraction of sp³-hybridized carbons (Fsp3) is 0.200. The van der Waals surface area contributed by atoms with Crippen molar-refractivity contribution in [3.63, 3.8) is 0 Å². The number of tetrazole rings is 1. The SMILES string of the molecule is Cc1ccc(Nc2nnnn2C)cc1C(=O)O. The van der Waals surface area contributed by atoms with Crippen LogP contribution < -0.4 is 5.32 Å². The third-order valence-corrected chi connectivity index (χ3v) is 2.34. The number of carboxylic acids is 1. The molecule has 0 saturated heterocycles. The van der Waals surface area contributed by atoms with Gasteiger partial charge in [0.05, 0.1) is 5.56 Å². The van der Waals surface area contributed by atoms with E-state index in [1.807, 2.05) is 0 Å². The molecule has 0 radical (unpaired) electrons. The van der Waals surface area contributed by atoms with Crippen LogP contribution in [-0.4, -0.2) is 31.3 Å². The second kappa shape index (κ2) is 4.20. The van der Waals surface area contributed by atoms with Gasteiger partial charge in [-0.15, -0.1) is 0 Å². The third kappa shape index (κ3) is 2.22. The van der Waals surface area contributed by atoms with Crippen molar-refractivity contribution < 1.29 is 9.90 Å². The van der Waals surface area contributed by atoms with E-state index in [1.165, 1.54) is 4.68 Å². The predicted molar refractivity (Wildman–Crippen MR) is 60.2 cm³/mol. The van der Waals surface area contributed by atoms with Crippen LogP contribution >= 0.6 is 0 Å². The van der Waals surface area contributed by atoms with E-state index in [0.717, 1.165) is 0 Å². The van der Waals surface area contributed by atoms with Crippen molar-refractivity contribution in [3.05, 3.63) is 29.3 Å². The van der Waals surface area contributed by atoms with E-state index in [9.17, 15) is 4.79 Å². The Morgan fingerprint density at radius 2 is 2.24 bits per heavy atom. The van der Waals surface area contributed by atoms with Crippen LogP contribution in [-0.2, 0) is 7.05 Å². The average Bonchev–Trinajstić information content (AvgIpc) is 2.67. The number of aromatic nitrogens is 4. The topological polar surface area (TPSA) is 92.9 Å². The molecule has 0 fully saturated rings. The van der Waals surface area contributed by atoms with E-state index in [1.54, 1.807) is 32.2 Å². The summed E-state index contributed by atoms with van der Waals surface area (Å²) in [7, 11) is 1.69. The maximum absolute atomic E-state index is 11.0. The standard InChI is InChI=1S/C10H11N5O2/c1-6-3-4-7(5-8(6)9(16)17)11-10-12-13-14-15(10)2/h3-5H,1-2H3,(H,16,17)(H,11,12,14). The van der Waals surface area contributed by atoms with E-state index in [2.05, 4.69) is 20.8 Å². The summed E-state index contributed by atoms with van der Waals surface area (Å²) in [5, 5.41) is 22.8. The van der Waals surface area contributed by atoms with Gasteiger partial charge in [-0.05, 0) is 35.0 Å². The van der Waals surface area contributed by atoms with Gasteiger partial charge in [0.1, 0.15) is 0 Å². The van der Waals surface area contributed by atoms with Crippen molar-refractivity contribution in [1.29, 1.82) is 0 Å². The Bertz CT molecular complexity index is 564. The Morgan fingerprint density at radius 3 is 2.82 bits per heavy atom. The molecule has 0 atom stereocenters. The minimum Gasteiger partial charge on any atom is -0.478 e. The van der Waals surface area contributed by atoms with Crippen molar-refractivity contribution >= 4 is 17.6 Å². The first-order chi connectivity index (χ1) is 8.08. The second-order valence-electron chi connectivity index (χ2n) is 3.59. The zero-order chi connectivity index (χ0) is 12.4. The van der Waals surface area contributed by atoms with Gasteiger partial charge in [0.15, 0.2) is 0 Å². The van der Waals surface area contributed by atoms with Gasteiger partial charge in [0, 0.05) is 12.7 Å². The normalized spacial score (nSPS) is 10.2. The number of benzene rings is 1. The summed E-state index contributed by atoms with van der Waals surface area (Å²) in [6.07, 6.45) is 0. The van der Waals surface area contributed by atoms with E-state index >= 15 is 0 Å². The fourth-order valence-corrected chi connectivity index (χ4v) is 1.39. The Balaban J connectivity index is 2.32. The van der Waals surface area contributed by atoms with E-state index in [-0.39, 0.29) is 5.56 Å². The summed E-state index contributed by atoms with van der Waals surface area (Å²) >= 11 is 0. The molecule has 17 heavy (non-hydrogen) atoms. The maximum Gasteiger partial charge on any atom is 0.336 e. The molecule has 1 heterocycles. The summed E-state index contributed by atoms with van der Waals surface area (Å²) in [5.41, 5.74) is 1.59. The van der Waals surface area contributed by atoms with E-state index < -0.39 is 5.97 Å². The molecule has 88 valence electrons. The molecule has 0 bridgehead atoms. The zero-order valence-corrected chi connectivity index (χ0v) is 9.38. The van der Waals surface area contributed by atoms with Crippen LogP contribution in [0.15, 0.2) is 18.2 Å². The minimum atomic E-state index is -0.956. The number of nitrogens with zero attached hydrogens (tertiary/aromatic N) is 4. The number of hydrogen-bond acceptors (Lipinski definition) is 5. The van der Waals surface area contributed by atoms with Gasteiger partial charge in [-0.2, -0.15) is 0 Å². The van der Waals surface area contributed by atoms with Gasteiger partial charge >= 0.3 is 5.97 Å². The molecule has 0 saturated carbocycles. The zero-order valence-electron chi connectivity index (χ0n) is 9.38. The Hall–Kier alpha value is -2.44. The van der Waals surface area contributed by atoms with Crippen LogP contribution in [0.3, 0.4) is 0 Å². The monoisotopic (exact) mass is 233 g/mol. The summed E-state index contributed by atoms with van der Waals surface area (Å²) in [5.74, 6) is -0.507. The molecule has 2 rings (SSSR count). The van der Waals surface area contributed by atoms with E-state index in [0.29, 0.717) is 17.2 Å². The number of rotatable bonds is 3. The highest BCUT2D eigenvalue weighted by atomic mass is 16.4. The van der Waals surface area contributed by atoms with Crippen LogP contribution in [0.4, 0.5) is 11.6 Å². The van der Waals surface area contributed by atoms with Gasteiger partial charge < -0.3 is 10.4 Å². The van der Waals surface area contributed by atoms with Crippen LogP contribution in [0, 0.1) is 6.92 Å². The maximum atomic E-state index is 11.0. The van der Waals surface area contributed by atoms with Gasteiger partial charge in [0.25, 0.3) is 0 Å². The largest absolute Gasteiger partial charge is 0.478 e. The lowest BCUT2D eigenvalue weighted by atomic mass is 10.1. The highest BCUT2D eigenvalue weighted by Gasteiger charge is 2.09. The molecule has 0 unspecified atom stereocenters. The molecule has 0 aliphatic rings. The first-order valence-electron chi connectivity index (χ1n) is 4.91. The smallest absolute Gasteiger partial charge is 0.336 e. The van der Waals surface area contributed by atoms with Gasteiger partial charge in [-0.1, -0.05) is 11.2 Å². The van der Waals surface area contributed by atoms with Gasteiger partial charge in [-0.25, -0.2) is 9.48 Å². The summed E-state index contributed by atoms with van der Waals surface area (Å²) in [4.78, 5) is 11.0. The number of anilines is 2. The van der Waals surface area contributed by atoms with Crippen molar-refractivity contribution in [2.75, 3.05) is 5.32 Å². The van der Waals surface area contributed by atoms with Crippen molar-refractivity contribution in [2.24, 2.45) is 7.05 Å². The van der Waals surface area contributed by atoms with Gasteiger partial charge in [0.2, 0.25) is 5.95 Å². The number of nitrogens with one attached hydrogen (secondary N) is 1. The number of carbonyl (C=O) groups is 1. The minimum absolute atomic E-state index is 0.255. The molecular formula is C10H11N5O2. The lowest BCUT2D eigenvalue weighted by Crippen LogP contribution is -2.03. The summed E-state index contributed by atoms with van der Waals surface area (Å²) in [6.45, 7) is 1.75. The van der Waals surface area contributed by atoms with Crippen LogP contribution in [0.2, 0.25) is 0 Å². The lowest BCUT2D eigenvalue weighted by Gasteiger charge is -2.06. The highest BCUT2D eigenvalue weighted by Crippen LogP contribution is 2.18. The molecule has 2 aromatic rings. The first-order valence-corrected chi connectivity index (χ1v) is 4.91. The molecule has 2 N–H and O–H groups in total. The Morgan fingerprint density at radius 1 is 1.47 bits per heavy atom. The quantitative estimate of drug-likeness (QED) is 0.820. The van der Waals surface area contributed by atoms with Crippen molar-refractivity contribution in [2.45, 2.75) is 6.92 Å². The predicted octanol–water partition coefficient (Wildman–Crippen LogP) is 0.960. The van der Waals surface area contributed by atoms with Gasteiger partial charge in [-0.3, -0.25) is 0 Å². The Labute approximate surface area is 97.1 Å². The fourth-order valence-electron chi connectivity index (χ4n) is 1.39. The highest BCUT2D eigenvalue weighted by molar-refractivity contribution is 5.90. The average molecular weight is 233 g/mol. The molecule has 0 aliphatic heterocycles. The number of hydrogen-bond donors (Lipinski definition) is 2. The number of aromatic carboxylic acids is 1. The molecular weight excluding hydrogens is 222 g/mol. The molecule has 0 amide bonds. The summed E-state index contributed by atoms with van der Waals surface area (Å²) < 4.78 is 1.46. The van der Waals surface area contributed by atoms with Crippen LogP contribution in [0.25, 0.3) is 0 Å². The molecule has 0 aliphatic carbocycles. The molecule has 7 nitrogen and oxygen atoms in total. The molecule has 1 aromatic carbocycles. The third-order valence-electron chi connectivity index (χ3n) is 2.34. The number of aryl methyl sites for hydroxylation is 2. The number of carboxylic acid groups (broad SMARTS) is 1. The second-order valence-corrected chi connectivity index (χ2v) is 3.59. The first kappa shape index (κ1) is 11.1. The lowest BCUT2D eigenvalue weighted by molar-refractivity contribution is 0.0696. The van der Waals surface area contributed by atoms with E-state index in [4.69, 9.17) is 5.11 Å². The molecule has 0 spiro atoms. The summed E-state index contributed by atoms with van der Waals surface area (Å²) in [6, 6.07) is 5.05. The van der Waals surface area contributed by atoms with Crippen molar-refractivity contribution in [3.8, 4) is 0 Å². The van der Waals surface area contributed by atoms with Crippen LogP contribution in [0.5, 0.6) is 0 Å².